The molecule has 1 aromatic heterocycles. The summed E-state index contributed by atoms with van der Waals surface area (Å²) in [5.41, 5.74) is 2.19. The Morgan fingerprint density at radius 1 is 1.00 bits per heavy atom. The number of piperidine rings is 1. The summed E-state index contributed by atoms with van der Waals surface area (Å²) >= 11 is 12.7. The van der Waals surface area contributed by atoms with Gasteiger partial charge in [-0.2, -0.15) is 0 Å². The lowest BCUT2D eigenvalue weighted by Crippen LogP contribution is -2.58. The Kier molecular flexibility index (Phi) is 10.2. The number of amides is 2. The fraction of sp³-hybridized carbons (Fsp3) is 0.419. The van der Waals surface area contributed by atoms with Gasteiger partial charge in [0.15, 0.2) is 11.6 Å². The lowest BCUT2D eigenvalue weighted by atomic mass is 9.98. The number of pyridine rings is 1. The molecule has 11 heteroatoms. The zero-order valence-electron chi connectivity index (χ0n) is 23.6. The van der Waals surface area contributed by atoms with E-state index in [1.807, 2.05) is 18.2 Å². The Balaban J connectivity index is 0.00000264. The van der Waals surface area contributed by atoms with Crippen LogP contribution in [0, 0.1) is 11.6 Å². The van der Waals surface area contributed by atoms with E-state index in [1.54, 1.807) is 6.20 Å². The summed E-state index contributed by atoms with van der Waals surface area (Å²) in [5.74, 6) is -1.25. The number of carbonyl (C=O) groups excluding carboxylic acids is 1. The topological polar surface area (TPSA) is 63.7 Å². The number of anilines is 2. The molecule has 2 amide bonds. The number of nitrogens with one attached hydrogen (secondary N) is 2. The van der Waals surface area contributed by atoms with Gasteiger partial charge in [-0.05, 0) is 73.8 Å². The summed E-state index contributed by atoms with van der Waals surface area (Å²) in [4.78, 5) is 24.3. The van der Waals surface area contributed by atoms with Crippen LogP contribution in [0.2, 0.25) is 10.0 Å². The van der Waals surface area contributed by atoms with E-state index >= 15 is 0 Å². The lowest BCUT2D eigenvalue weighted by Gasteiger charge is -2.47. The molecule has 5 rings (SSSR count). The van der Waals surface area contributed by atoms with E-state index in [0.717, 1.165) is 87.1 Å². The molecular weight excluding hydrogens is 581 g/mol. The van der Waals surface area contributed by atoms with Gasteiger partial charge < -0.3 is 15.5 Å². The van der Waals surface area contributed by atoms with Gasteiger partial charge >= 0.3 is 6.03 Å². The quantitative estimate of drug-likeness (QED) is 0.283. The van der Waals surface area contributed by atoms with E-state index in [9.17, 15) is 13.6 Å². The molecule has 1 atom stereocenters. The molecule has 0 bridgehead atoms. The van der Waals surface area contributed by atoms with Crippen LogP contribution >= 0.6 is 23.2 Å². The molecule has 0 spiro atoms. The Labute approximate surface area is 258 Å². The van der Waals surface area contributed by atoms with Gasteiger partial charge in [0, 0.05) is 70.6 Å². The molecule has 2 aliphatic rings. The summed E-state index contributed by atoms with van der Waals surface area (Å²) in [6.07, 6.45) is 5.08. The lowest BCUT2D eigenvalue weighted by molar-refractivity contribution is 0.0610. The first-order chi connectivity index (χ1) is 20.3. The minimum atomic E-state index is -1.03. The third-order valence-corrected chi connectivity index (χ3v) is 8.68. The van der Waals surface area contributed by atoms with Crippen LogP contribution in [0.4, 0.5) is 25.1 Å². The minimum Gasteiger partial charge on any atom is -0.353 e. The van der Waals surface area contributed by atoms with Gasteiger partial charge in [0.1, 0.15) is 5.82 Å². The van der Waals surface area contributed by atoms with Crippen molar-refractivity contribution < 1.29 is 16.4 Å². The van der Waals surface area contributed by atoms with Crippen LogP contribution in [0.25, 0.3) is 0 Å². The molecule has 3 heterocycles. The highest BCUT2D eigenvalue weighted by Crippen LogP contribution is 2.30. The maximum atomic E-state index is 13.4. The molecular formula is C31H40Cl2F2N6O. The summed E-state index contributed by atoms with van der Waals surface area (Å²) in [6.45, 7) is 8.24. The second-order valence-corrected chi connectivity index (χ2v) is 11.8. The molecule has 2 fully saturated rings. The van der Waals surface area contributed by atoms with Crippen LogP contribution in [0.1, 0.15) is 40.2 Å². The molecule has 3 aromatic rings. The third-order valence-electron chi connectivity index (χ3n) is 8.15. The van der Waals surface area contributed by atoms with Gasteiger partial charge in [0.05, 0.1) is 5.02 Å². The molecule has 2 N–H and O–H groups in total. The minimum absolute atomic E-state index is 0. The molecule has 2 aromatic carbocycles. The molecule has 2 saturated heterocycles. The number of likely N-dealkylation sites (tertiary alicyclic amines) is 1. The number of benzene rings is 2. The number of piperazine rings is 1. The monoisotopic (exact) mass is 620 g/mol. The fourth-order valence-corrected chi connectivity index (χ4v) is 6.33. The molecule has 228 valence electrons. The largest absolute Gasteiger partial charge is 0.353 e. The van der Waals surface area contributed by atoms with E-state index < -0.39 is 17.7 Å². The van der Waals surface area contributed by atoms with Crippen LogP contribution in [-0.4, -0.2) is 65.6 Å². The highest BCUT2D eigenvalue weighted by atomic mass is 35.5. The van der Waals surface area contributed by atoms with Crippen LogP contribution in [0.5, 0.6) is 0 Å². The highest BCUT2D eigenvalue weighted by molar-refractivity contribution is 6.33. The van der Waals surface area contributed by atoms with Gasteiger partial charge in [-0.25, -0.2) is 18.6 Å². The smallest absolute Gasteiger partial charge is 0.319 e. The predicted molar refractivity (Wildman–Crippen MR) is 168 cm³/mol. The number of hydrogen-bond donors (Lipinski definition) is 2. The number of rotatable bonds is 8. The number of halogens is 4. The van der Waals surface area contributed by atoms with E-state index in [2.05, 4.69) is 49.4 Å². The van der Waals surface area contributed by atoms with Crippen molar-refractivity contribution in [3.05, 3.63) is 87.5 Å². The average Bonchev–Trinajstić information content (AvgIpc) is 2.99. The SMILES string of the molecule is CC[C@H]1CN(c2ncc(CNC(=O)Nc3ccc(F)c(F)c3)cc2Cl)CCN1C1CCN(Cc2ccc(Cl)cc2)CC1.[HH].[HH]. The van der Waals surface area contributed by atoms with Crippen molar-refractivity contribution in [1.82, 2.24) is 20.1 Å². The second kappa shape index (κ2) is 14.0. The maximum absolute atomic E-state index is 13.4. The summed E-state index contributed by atoms with van der Waals surface area (Å²) in [6, 6.07) is 13.6. The zero-order chi connectivity index (χ0) is 29.6. The summed E-state index contributed by atoms with van der Waals surface area (Å²) in [7, 11) is 0. The van der Waals surface area contributed by atoms with Gasteiger partial charge in [0.25, 0.3) is 0 Å². The molecule has 42 heavy (non-hydrogen) atoms. The standard InChI is InChI=1S/C31H36Cl2F2N6O.2H2/c1-2-25-20-40(13-14-41(25)26-9-11-39(12-10-26)19-21-3-5-23(32)6-4-21)30-27(33)15-22(17-36-30)18-37-31(42)38-24-7-8-28(34)29(35)16-24;;/h3-8,15-17,25-26H,2,9-14,18-20H2,1H3,(H2,37,38,42);2*1H/t25-;;/m0../s1. The number of nitrogens with zero attached hydrogens (tertiary/aromatic N) is 4. The Morgan fingerprint density at radius 2 is 1.76 bits per heavy atom. The molecule has 2 aliphatic heterocycles. The van der Waals surface area contributed by atoms with E-state index in [0.29, 0.717) is 17.1 Å². The Bertz CT molecular complexity index is 1380. The van der Waals surface area contributed by atoms with Crippen molar-refractivity contribution in [2.45, 2.75) is 51.4 Å². The van der Waals surface area contributed by atoms with Crippen molar-refractivity contribution in [2.75, 3.05) is 42.9 Å². The maximum Gasteiger partial charge on any atom is 0.319 e. The second-order valence-electron chi connectivity index (χ2n) is 11.0. The van der Waals surface area contributed by atoms with Gasteiger partial charge in [-0.1, -0.05) is 42.3 Å². The zero-order valence-corrected chi connectivity index (χ0v) is 25.1. The number of carbonyl (C=O) groups is 1. The van der Waals surface area contributed by atoms with Gasteiger partial charge in [-0.15, -0.1) is 0 Å². The molecule has 0 aliphatic carbocycles. The number of hydrogen-bond acceptors (Lipinski definition) is 5. The first kappa shape index (κ1) is 30.5. The highest BCUT2D eigenvalue weighted by Gasteiger charge is 2.34. The van der Waals surface area contributed by atoms with E-state index in [1.165, 1.54) is 11.6 Å². The molecule has 0 radical (unpaired) electrons. The van der Waals surface area contributed by atoms with E-state index in [-0.39, 0.29) is 15.1 Å². The van der Waals surface area contributed by atoms with E-state index in [4.69, 9.17) is 23.2 Å². The summed E-state index contributed by atoms with van der Waals surface area (Å²) < 4.78 is 26.5. The van der Waals surface area contributed by atoms with Gasteiger partial charge in [-0.3, -0.25) is 9.80 Å². The molecule has 0 saturated carbocycles. The number of urea groups is 1. The first-order valence-electron chi connectivity index (χ1n) is 14.4. The molecule has 0 unspecified atom stereocenters. The Morgan fingerprint density at radius 3 is 2.45 bits per heavy atom. The van der Waals surface area contributed by atoms with Crippen molar-refractivity contribution >= 4 is 40.7 Å². The Hall–Kier alpha value is -2.98. The molecule has 7 nitrogen and oxygen atoms in total. The fourth-order valence-electron chi connectivity index (χ4n) is 5.89. The van der Waals surface area contributed by atoms with Crippen LogP contribution in [-0.2, 0) is 13.1 Å². The summed E-state index contributed by atoms with van der Waals surface area (Å²) in [5, 5.41) is 6.49. The van der Waals surface area contributed by atoms with Crippen LogP contribution < -0.4 is 15.5 Å². The van der Waals surface area contributed by atoms with Crippen molar-refractivity contribution in [3.63, 3.8) is 0 Å². The van der Waals surface area contributed by atoms with Crippen molar-refractivity contribution in [1.29, 1.82) is 0 Å². The van der Waals surface area contributed by atoms with Crippen molar-refractivity contribution in [3.8, 4) is 0 Å². The first-order valence-corrected chi connectivity index (χ1v) is 15.2. The normalized spacial score (nSPS) is 18.7. The predicted octanol–water partition coefficient (Wildman–Crippen LogP) is 7.05. The van der Waals surface area contributed by atoms with Crippen molar-refractivity contribution in [2.24, 2.45) is 0 Å². The third kappa shape index (κ3) is 7.69. The number of aromatic nitrogens is 1. The van der Waals surface area contributed by atoms with Crippen LogP contribution in [0.3, 0.4) is 0 Å². The van der Waals surface area contributed by atoms with Crippen LogP contribution in [0.15, 0.2) is 54.7 Å². The average molecular weight is 622 g/mol. The van der Waals surface area contributed by atoms with Gasteiger partial charge in [0.2, 0.25) is 0 Å².